The first-order valence-electron chi connectivity index (χ1n) is 5.75. The van der Waals surface area contributed by atoms with Gasteiger partial charge in [-0.05, 0) is 20.3 Å². The Labute approximate surface area is 105 Å². The molecule has 6 heteroatoms. The van der Waals surface area contributed by atoms with E-state index in [0.717, 1.165) is 24.2 Å². The molecule has 0 saturated heterocycles. The quantitative estimate of drug-likeness (QED) is 0.852. The highest BCUT2D eigenvalue weighted by Crippen LogP contribution is 2.23. The Morgan fingerprint density at radius 3 is 3.00 bits per heavy atom. The molecule has 2 heterocycles. The van der Waals surface area contributed by atoms with Gasteiger partial charge < -0.3 is 5.32 Å². The van der Waals surface area contributed by atoms with E-state index in [1.165, 1.54) is 6.33 Å². The molecule has 0 spiro atoms. The molecule has 0 saturated carbocycles. The van der Waals surface area contributed by atoms with Gasteiger partial charge in [0.2, 0.25) is 0 Å². The number of nitrogens with zero attached hydrogens (tertiary/aromatic N) is 4. The van der Waals surface area contributed by atoms with Crippen LogP contribution in [-0.2, 0) is 0 Å². The van der Waals surface area contributed by atoms with E-state index in [0.29, 0.717) is 17.0 Å². The monoisotopic (exact) mass is 253 g/mol. The molecule has 1 N–H and O–H groups in total. The first kappa shape index (κ1) is 12.1. The van der Waals surface area contributed by atoms with E-state index in [4.69, 9.17) is 11.6 Å². The summed E-state index contributed by atoms with van der Waals surface area (Å²) in [5, 5.41) is 8.04. The van der Waals surface area contributed by atoms with Crippen LogP contribution in [0, 0.1) is 6.92 Å². The lowest BCUT2D eigenvalue weighted by molar-refractivity contribution is 0.681. The largest absolute Gasteiger partial charge is 0.367 e. The third kappa shape index (κ3) is 2.34. The minimum absolute atomic E-state index is 0.365. The van der Waals surface area contributed by atoms with Crippen LogP contribution in [0.2, 0.25) is 5.15 Å². The van der Waals surface area contributed by atoms with Crippen molar-refractivity contribution in [3.63, 3.8) is 0 Å². The average molecular weight is 254 g/mol. The lowest BCUT2D eigenvalue weighted by atomic mass is 10.2. The van der Waals surface area contributed by atoms with Crippen molar-refractivity contribution in [2.75, 3.05) is 5.32 Å². The molecule has 0 radical (unpaired) electrons. The summed E-state index contributed by atoms with van der Waals surface area (Å²) in [4.78, 5) is 8.21. The summed E-state index contributed by atoms with van der Waals surface area (Å²) in [5.41, 5.74) is 0.896. The maximum atomic E-state index is 6.08. The summed E-state index contributed by atoms with van der Waals surface area (Å²) < 4.78 is 1.69. The minimum Gasteiger partial charge on any atom is -0.367 e. The van der Waals surface area contributed by atoms with Gasteiger partial charge in [-0.3, -0.25) is 0 Å². The minimum atomic E-state index is 0.365. The molecule has 2 aromatic heterocycles. The van der Waals surface area contributed by atoms with Crippen LogP contribution in [0.3, 0.4) is 0 Å². The van der Waals surface area contributed by atoms with E-state index in [9.17, 15) is 0 Å². The third-order valence-corrected chi connectivity index (χ3v) is 3.08. The number of fused-ring (bicyclic) bond motifs is 1. The Hall–Kier alpha value is -1.36. The van der Waals surface area contributed by atoms with Crippen LogP contribution >= 0.6 is 11.6 Å². The predicted octanol–water partition coefficient (Wildman–Crippen LogP) is 2.69. The fraction of sp³-hybridized carbons (Fsp3) is 0.545. The highest BCUT2D eigenvalue weighted by Gasteiger charge is 2.13. The molecule has 0 aliphatic rings. The number of rotatable bonds is 4. The summed E-state index contributed by atoms with van der Waals surface area (Å²) in [6, 6.07) is 0.365. The fourth-order valence-corrected chi connectivity index (χ4v) is 1.97. The van der Waals surface area contributed by atoms with Crippen LogP contribution in [0.5, 0.6) is 0 Å². The van der Waals surface area contributed by atoms with Gasteiger partial charge in [0, 0.05) is 11.6 Å². The van der Waals surface area contributed by atoms with Gasteiger partial charge in [-0.25, -0.2) is 0 Å². The molecule has 0 aliphatic carbocycles. The van der Waals surface area contributed by atoms with Crippen molar-refractivity contribution in [3.05, 3.63) is 17.0 Å². The van der Waals surface area contributed by atoms with Crippen LogP contribution in [0.4, 0.5) is 5.82 Å². The van der Waals surface area contributed by atoms with Crippen LogP contribution in [0.1, 0.15) is 32.3 Å². The Bertz CT molecular complexity index is 522. The van der Waals surface area contributed by atoms with Gasteiger partial charge in [0.25, 0.3) is 5.78 Å². The molecule has 92 valence electrons. The number of hydrogen-bond acceptors (Lipinski definition) is 4. The number of nitrogens with one attached hydrogen (secondary N) is 1. The molecule has 5 nitrogen and oxygen atoms in total. The molecule has 2 rings (SSSR count). The van der Waals surface area contributed by atoms with Gasteiger partial charge in [0.15, 0.2) is 0 Å². The van der Waals surface area contributed by atoms with Crippen molar-refractivity contribution in [3.8, 4) is 0 Å². The van der Waals surface area contributed by atoms with Crippen LogP contribution in [0.15, 0.2) is 6.33 Å². The second-order valence-electron chi connectivity index (χ2n) is 4.18. The van der Waals surface area contributed by atoms with Crippen molar-refractivity contribution in [1.82, 2.24) is 19.6 Å². The Morgan fingerprint density at radius 2 is 2.29 bits per heavy atom. The fourth-order valence-electron chi connectivity index (χ4n) is 1.81. The molecule has 0 aromatic carbocycles. The maximum Gasteiger partial charge on any atom is 0.255 e. The smallest absolute Gasteiger partial charge is 0.255 e. The molecule has 0 fully saturated rings. The number of hydrogen-bond donors (Lipinski definition) is 1. The van der Waals surface area contributed by atoms with Crippen LogP contribution < -0.4 is 5.32 Å². The highest BCUT2D eigenvalue weighted by molar-refractivity contribution is 6.30. The van der Waals surface area contributed by atoms with Gasteiger partial charge >= 0.3 is 0 Å². The van der Waals surface area contributed by atoms with Gasteiger partial charge in [0.1, 0.15) is 17.3 Å². The summed E-state index contributed by atoms with van der Waals surface area (Å²) in [5.74, 6) is 1.39. The van der Waals surface area contributed by atoms with E-state index in [-0.39, 0.29) is 0 Å². The second kappa shape index (κ2) is 4.87. The molecule has 0 aliphatic heterocycles. The Morgan fingerprint density at radius 1 is 1.53 bits per heavy atom. The van der Waals surface area contributed by atoms with Gasteiger partial charge in [-0.15, -0.1) is 0 Å². The number of anilines is 1. The van der Waals surface area contributed by atoms with E-state index < -0.39 is 0 Å². The number of halogens is 1. The number of aromatic nitrogens is 4. The predicted molar refractivity (Wildman–Crippen MR) is 68.5 cm³/mol. The lowest BCUT2D eigenvalue weighted by Gasteiger charge is -2.17. The van der Waals surface area contributed by atoms with E-state index in [1.54, 1.807) is 4.52 Å². The van der Waals surface area contributed by atoms with Crippen molar-refractivity contribution in [2.45, 2.75) is 39.7 Å². The van der Waals surface area contributed by atoms with E-state index in [2.05, 4.69) is 34.2 Å². The third-order valence-electron chi connectivity index (χ3n) is 2.71. The summed E-state index contributed by atoms with van der Waals surface area (Å²) in [7, 11) is 0. The van der Waals surface area contributed by atoms with Gasteiger partial charge in [-0.2, -0.15) is 19.6 Å². The zero-order valence-corrected chi connectivity index (χ0v) is 11.0. The average Bonchev–Trinajstić information content (AvgIpc) is 2.72. The normalized spacial score (nSPS) is 12.9. The van der Waals surface area contributed by atoms with Crippen molar-refractivity contribution in [1.29, 1.82) is 0 Å². The SMILES string of the molecule is CCCC(C)Nc1c(C)c(Cl)nc2ncnn12. The molecular weight excluding hydrogens is 238 g/mol. The standard InChI is InChI=1S/C11H16ClN5/c1-4-5-7(2)15-10-8(3)9(12)16-11-13-6-14-17(10)11/h6-7,15H,4-5H2,1-3H3. The van der Waals surface area contributed by atoms with Gasteiger partial charge in [0.05, 0.1) is 0 Å². The summed E-state index contributed by atoms with van der Waals surface area (Å²) >= 11 is 6.08. The van der Waals surface area contributed by atoms with E-state index >= 15 is 0 Å². The Balaban J connectivity index is 2.43. The zero-order chi connectivity index (χ0) is 12.4. The molecule has 17 heavy (non-hydrogen) atoms. The molecule has 1 unspecified atom stereocenters. The molecule has 1 atom stereocenters. The van der Waals surface area contributed by atoms with Gasteiger partial charge in [-0.1, -0.05) is 24.9 Å². The van der Waals surface area contributed by atoms with Crippen LogP contribution in [-0.4, -0.2) is 25.6 Å². The van der Waals surface area contributed by atoms with Crippen molar-refractivity contribution >= 4 is 23.2 Å². The van der Waals surface area contributed by atoms with E-state index in [1.807, 2.05) is 6.92 Å². The lowest BCUT2D eigenvalue weighted by Crippen LogP contribution is -2.18. The van der Waals surface area contributed by atoms with Crippen molar-refractivity contribution < 1.29 is 0 Å². The molecule has 0 bridgehead atoms. The first-order valence-corrected chi connectivity index (χ1v) is 6.13. The second-order valence-corrected chi connectivity index (χ2v) is 4.54. The summed E-state index contributed by atoms with van der Waals surface area (Å²) in [6.07, 6.45) is 3.70. The van der Waals surface area contributed by atoms with Crippen LogP contribution in [0.25, 0.3) is 5.78 Å². The zero-order valence-electron chi connectivity index (χ0n) is 10.2. The molecular formula is C11H16ClN5. The molecule has 2 aromatic rings. The highest BCUT2D eigenvalue weighted by atomic mass is 35.5. The Kier molecular flexibility index (Phi) is 3.47. The maximum absolute atomic E-state index is 6.08. The molecule has 0 amide bonds. The summed E-state index contributed by atoms with van der Waals surface area (Å²) in [6.45, 7) is 6.23. The first-order chi connectivity index (χ1) is 8.13. The van der Waals surface area contributed by atoms with Crippen molar-refractivity contribution in [2.24, 2.45) is 0 Å². The topological polar surface area (TPSA) is 55.1 Å².